The fraction of sp³-hybridized carbons (Fsp3) is 0.706. The quantitative estimate of drug-likeness (QED) is 0.824. The zero-order valence-corrected chi connectivity index (χ0v) is 15.4. The van der Waals surface area contributed by atoms with Crippen LogP contribution in [0.1, 0.15) is 33.6 Å². The molecule has 2 aromatic heterocycles. The second kappa shape index (κ2) is 7.13. The molecule has 25 heavy (non-hydrogen) atoms. The first-order chi connectivity index (χ1) is 11.9. The molecule has 8 heteroatoms. The van der Waals surface area contributed by atoms with Crippen LogP contribution in [0.4, 0.5) is 5.95 Å². The van der Waals surface area contributed by atoms with Crippen molar-refractivity contribution >= 4 is 17.0 Å². The van der Waals surface area contributed by atoms with Crippen molar-refractivity contribution in [2.24, 2.45) is 0 Å². The Labute approximate surface area is 147 Å². The maximum Gasteiger partial charge on any atom is 0.263 e. The van der Waals surface area contributed by atoms with Crippen LogP contribution in [0.25, 0.3) is 11.0 Å². The van der Waals surface area contributed by atoms with E-state index >= 15 is 0 Å². The molecule has 0 radical (unpaired) electrons. The molecular formula is C17H27N5O3. The summed E-state index contributed by atoms with van der Waals surface area (Å²) in [6.07, 6.45) is 3.64. The van der Waals surface area contributed by atoms with Crippen LogP contribution >= 0.6 is 0 Å². The lowest BCUT2D eigenvalue weighted by Crippen LogP contribution is -2.39. The maximum absolute atomic E-state index is 12.4. The first-order valence-electron chi connectivity index (χ1n) is 8.74. The monoisotopic (exact) mass is 349 g/mol. The average molecular weight is 349 g/mol. The molecule has 3 rings (SSSR count). The molecule has 0 aliphatic carbocycles. The standard InChI is InChI=1S/C17H27N5O3/c1-17(2,3)22-14-13(11-18-22)15(23)20-16(19-14)21-7-5-12(6-8-21)25-10-9-24-4/h11-12H,5-10H2,1-4H3,(H,19,20,23). The van der Waals surface area contributed by atoms with Crippen molar-refractivity contribution in [3.63, 3.8) is 0 Å². The third-order valence-corrected chi connectivity index (χ3v) is 4.44. The highest BCUT2D eigenvalue weighted by molar-refractivity contribution is 5.74. The Morgan fingerprint density at radius 1 is 1.28 bits per heavy atom. The van der Waals surface area contributed by atoms with E-state index in [0.717, 1.165) is 25.9 Å². The summed E-state index contributed by atoms with van der Waals surface area (Å²) in [7, 11) is 1.67. The molecule has 1 N–H and O–H groups in total. The zero-order chi connectivity index (χ0) is 18.0. The van der Waals surface area contributed by atoms with Crippen LogP contribution in [-0.4, -0.2) is 59.3 Å². The Kier molecular flexibility index (Phi) is 5.10. The molecule has 0 bridgehead atoms. The second-order valence-corrected chi connectivity index (χ2v) is 7.40. The van der Waals surface area contributed by atoms with Crippen LogP contribution in [0.15, 0.2) is 11.0 Å². The summed E-state index contributed by atoms with van der Waals surface area (Å²) in [6.45, 7) is 8.97. The van der Waals surface area contributed by atoms with Crippen molar-refractivity contribution in [1.82, 2.24) is 19.7 Å². The second-order valence-electron chi connectivity index (χ2n) is 7.40. The summed E-state index contributed by atoms with van der Waals surface area (Å²) < 4.78 is 12.6. The Bertz CT molecular complexity index is 769. The van der Waals surface area contributed by atoms with E-state index in [2.05, 4.69) is 15.0 Å². The molecule has 0 unspecified atom stereocenters. The number of H-pyrrole nitrogens is 1. The molecule has 0 amide bonds. The number of nitrogens with zero attached hydrogens (tertiary/aromatic N) is 4. The molecule has 0 spiro atoms. The van der Waals surface area contributed by atoms with Gasteiger partial charge in [-0.25, -0.2) is 4.68 Å². The average Bonchev–Trinajstić information content (AvgIpc) is 3.00. The number of piperidine rings is 1. The minimum atomic E-state index is -0.234. The molecule has 138 valence electrons. The van der Waals surface area contributed by atoms with Crippen molar-refractivity contribution < 1.29 is 9.47 Å². The molecule has 1 aliphatic rings. The SMILES string of the molecule is COCCOC1CCN(c2nc3c(cnn3C(C)(C)C)c(=O)[nH]2)CC1. The lowest BCUT2D eigenvalue weighted by Gasteiger charge is -2.32. The van der Waals surface area contributed by atoms with E-state index in [1.54, 1.807) is 13.3 Å². The van der Waals surface area contributed by atoms with Crippen molar-refractivity contribution in [2.75, 3.05) is 38.3 Å². The van der Waals surface area contributed by atoms with Gasteiger partial charge in [0.2, 0.25) is 5.95 Å². The zero-order valence-electron chi connectivity index (χ0n) is 15.4. The minimum absolute atomic E-state index is 0.144. The number of hydrogen-bond donors (Lipinski definition) is 1. The molecule has 1 aliphatic heterocycles. The van der Waals surface area contributed by atoms with Crippen LogP contribution in [0, 0.1) is 0 Å². The number of nitrogens with one attached hydrogen (secondary N) is 1. The van der Waals surface area contributed by atoms with Gasteiger partial charge < -0.3 is 14.4 Å². The molecule has 0 aromatic carbocycles. The number of ether oxygens (including phenoxy) is 2. The molecular weight excluding hydrogens is 322 g/mol. The lowest BCUT2D eigenvalue weighted by atomic mass is 10.1. The number of aromatic nitrogens is 4. The number of rotatable bonds is 5. The Morgan fingerprint density at radius 3 is 2.64 bits per heavy atom. The number of aromatic amines is 1. The smallest absolute Gasteiger partial charge is 0.263 e. The van der Waals surface area contributed by atoms with E-state index in [4.69, 9.17) is 14.5 Å². The highest BCUT2D eigenvalue weighted by atomic mass is 16.5. The largest absolute Gasteiger partial charge is 0.382 e. The Hall–Kier alpha value is -1.93. The van der Waals surface area contributed by atoms with E-state index in [0.29, 0.717) is 30.2 Å². The topological polar surface area (TPSA) is 85.3 Å². The van der Waals surface area contributed by atoms with E-state index in [1.807, 2.05) is 25.5 Å². The molecule has 0 saturated carbocycles. The first kappa shape index (κ1) is 17.9. The van der Waals surface area contributed by atoms with Gasteiger partial charge >= 0.3 is 0 Å². The number of hydrogen-bond acceptors (Lipinski definition) is 6. The number of anilines is 1. The third-order valence-electron chi connectivity index (χ3n) is 4.44. The predicted molar refractivity (Wildman–Crippen MR) is 96.2 cm³/mol. The summed E-state index contributed by atoms with van der Waals surface area (Å²) in [5.41, 5.74) is 0.251. The van der Waals surface area contributed by atoms with Gasteiger partial charge in [-0.15, -0.1) is 0 Å². The van der Waals surface area contributed by atoms with Gasteiger partial charge in [-0.3, -0.25) is 9.78 Å². The van der Waals surface area contributed by atoms with E-state index in [9.17, 15) is 4.79 Å². The summed E-state index contributed by atoms with van der Waals surface area (Å²) in [6, 6.07) is 0. The van der Waals surface area contributed by atoms with Crippen LogP contribution in [0.2, 0.25) is 0 Å². The Morgan fingerprint density at radius 2 is 2.00 bits per heavy atom. The maximum atomic E-state index is 12.4. The number of methoxy groups -OCH3 is 1. The number of fused-ring (bicyclic) bond motifs is 1. The van der Waals surface area contributed by atoms with Gasteiger partial charge in [0, 0.05) is 20.2 Å². The van der Waals surface area contributed by atoms with E-state index in [1.165, 1.54) is 0 Å². The van der Waals surface area contributed by atoms with Crippen LogP contribution in [-0.2, 0) is 15.0 Å². The molecule has 1 saturated heterocycles. The minimum Gasteiger partial charge on any atom is -0.382 e. The van der Waals surface area contributed by atoms with Crippen LogP contribution in [0.5, 0.6) is 0 Å². The van der Waals surface area contributed by atoms with Crippen molar-refractivity contribution in [2.45, 2.75) is 45.3 Å². The van der Waals surface area contributed by atoms with Crippen molar-refractivity contribution in [3.8, 4) is 0 Å². The molecule has 3 heterocycles. The fourth-order valence-electron chi connectivity index (χ4n) is 3.08. The molecule has 8 nitrogen and oxygen atoms in total. The normalized spacial score (nSPS) is 16.7. The van der Waals surface area contributed by atoms with Gasteiger partial charge in [0.15, 0.2) is 5.65 Å². The van der Waals surface area contributed by atoms with Crippen molar-refractivity contribution in [3.05, 3.63) is 16.6 Å². The highest BCUT2D eigenvalue weighted by Crippen LogP contribution is 2.22. The van der Waals surface area contributed by atoms with Gasteiger partial charge in [-0.05, 0) is 33.6 Å². The van der Waals surface area contributed by atoms with Crippen molar-refractivity contribution in [1.29, 1.82) is 0 Å². The molecule has 2 aromatic rings. The highest BCUT2D eigenvalue weighted by Gasteiger charge is 2.24. The first-order valence-corrected chi connectivity index (χ1v) is 8.74. The van der Waals surface area contributed by atoms with Crippen LogP contribution in [0.3, 0.4) is 0 Å². The lowest BCUT2D eigenvalue weighted by molar-refractivity contribution is 0.00598. The molecule has 0 atom stereocenters. The predicted octanol–water partition coefficient (Wildman–Crippen LogP) is 1.51. The van der Waals surface area contributed by atoms with Gasteiger partial charge in [0.05, 0.1) is 31.1 Å². The van der Waals surface area contributed by atoms with E-state index < -0.39 is 0 Å². The van der Waals surface area contributed by atoms with Crippen LogP contribution < -0.4 is 10.5 Å². The van der Waals surface area contributed by atoms with Gasteiger partial charge in [0.1, 0.15) is 5.39 Å². The summed E-state index contributed by atoms with van der Waals surface area (Å²) in [5.74, 6) is 0.610. The van der Waals surface area contributed by atoms with Gasteiger partial charge in [-0.1, -0.05) is 0 Å². The van der Waals surface area contributed by atoms with Gasteiger partial charge in [-0.2, -0.15) is 10.1 Å². The fourth-order valence-corrected chi connectivity index (χ4v) is 3.08. The van der Waals surface area contributed by atoms with Gasteiger partial charge in [0.25, 0.3) is 5.56 Å². The third kappa shape index (κ3) is 3.85. The van der Waals surface area contributed by atoms with E-state index in [-0.39, 0.29) is 17.2 Å². The summed E-state index contributed by atoms with van der Waals surface area (Å²) in [5, 5.41) is 4.88. The summed E-state index contributed by atoms with van der Waals surface area (Å²) in [4.78, 5) is 22.1. The summed E-state index contributed by atoms with van der Waals surface area (Å²) >= 11 is 0. The Balaban J connectivity index is 1.77. The molecule has 1 fully saturated rings.